The minimum atomic E-state index is -0.0505. The van der Waals surface area contributed by atoms with Crippen LogP contribution in [0.2, 0.25) is 0 Å². The molecule has 2 rings (SSSR count). The van der Waals surface area contributed by atoms with Crippen molar-refractivity contribution in [3.05, 3.63) is 23.8 Å². The maximum absolute atomic E-state index is 6.07. The zero-order valence-electron chi connectivity index (χ0n) is 11.0. The van der Waals surface area contributed by atoms with Gasteiger partial charge in [0, 0.05) is 11.6 Å². The van der Waals surface area contributed by atoms with E-state index in [0.717, 1.165) is 29.9 Å². The highest BCUT2D eigenvalue weighted by Gasteiger charge is 2.19. The molecule has 0 amide bonds. The first kappa shape index (κ1) is 13.6. The molecule has 1 heterocycles. The standard InChI is InChI=1S/C14H21NO2S/c1-10(15)12-4-3-5-13(14(12)16-2)17-11-6-8-18-9-7-11/h3-5,10-11H,6-9,15H2,1-2H3. The number of nitrogens with two attached hydrogens (primary N) is 1. The lowest BCUT2D eigenvalue weighted by Gasteiger charge is -2.24. The largest absolute Gasteiger partial charge is 0.493 e. The minimum absolute atomic E-state index is 0.0505. The molecule has 0 saturated carbocycles. The first-order valence-electron chi connectivity index (χ1n) is 6.39. The molecule has 18 heavy (non-hydrogen) atoms. The van der Waals surface area contributed by atoms with Crippen LogP contribution in [0.5, 0.6) is 11.5 Å². The van der Waals surface area contributed by atoms with Gasteiger partial charge in [-0.2, -0.15) is 11.8 Å². The molecule has 0 aromatic heterocycles. The van der Waals surface area contributed by atoms with Crippen LogP contribution in [0.3, 0.4) is 0 Å². The second kappa shape index (κ2) is 6.34. The summed E-state index contributed by atoms with van der Waals surface area (Å²) in [4.78, 5) is 0. The maximum Gasteiger partial charge on any atom is 0.165 e. The van der Waals surface area contributed by atoms with E-state index in [1.807, 2.05) is 36.9 Å². The molecule has 0 spiro atoms. The molecular weight excluding hydrogens is 246 g/mol. The van der Waals surface area contributed by atoms with Crippen molar-refractivity contribution in [2.75, 3.05) is 18.6 Å². The smallest absolute Gasteiger partial charge is 0.165 e. The van der Waals surface area contributed by atoms with E-state index in [2.05, 4.69) is 0 Å². The molecule has 0 aliphatic carbocycles. The Bertz CT molecular complexity index is 389. The molecule has 1 aromatic rings. The van der Waals surface area contributed by atoms with Crippen LogP contribution >= 0.6 is 11.8 Å². The van der Waals surface area contributed by atoms with Gasteiger partial charge < -0.3 is 15.2 Å². The van der Waals surface area contributed by atoms with Crippen molar-refractivity contribution in [2.45, 2.75) is 31.9 Å². The highest BCUT2D eigenvalue weighted by Crippen LogP contribution is 2.35. The van der Waals surface area contributed by atoms with Gasteiger partial charge in [0.2, 0.25) is 0 Å². The second-order valence-corrected chi connectivity index (χ2v) is 5.82. The van der Waals surface area contributed by atoms with E-state index >= 15 is 0 Å². The van der Waals surface area contributed by atoms with Crippen molar-refractivity contribution in [3.63, 3.8) is 0 Å². The molecule has 1 aliphatic rings. The van der Waals surface area contributed by atoms with Gasteiger partial charge in [0.15, 0.2) is 11.5 Å². The Kier molecular flexibility index (Phi) is 4.78. The zero-order chi connectivity index (χ0) is 13.0. The van der Waals surface area contributed by atoms with Gasteiger partial charge in [0.1, 0.15) is 6.10 Å². The quantitative estimate of drug-likeness (QED) is 0.911. The fourth-order valence-electron chi connectivity index (χ4n) is 2.18. The molecule has 3 nitrogen and oxygen atoms in total. The van der Waals surface area contributed by atoms with E-state index < -0.39 is 0 Å². The molecule has 100 valence electrons. The van der Waals surface area contributed by atoms with E-state index in [0.29, 0.717) is 6.10 Å². The third-order valence-corrected chi connectivity index (χ3v) is 4.21. The highest BCUT2D eigenvalue weighted by molar-refractivity contribution is 7.99. The van der Waals surface area contributed by atoms with Crippen LogP contribution in [0.4, 0.5) is 0 Å². The minimum Gasteiger partial charge on any atom is -0.493 e. The van der Waals surface area contributed by atoms with Crippen molar-refractivity contribution in [1.82, 2.24) is 0 Å². The lowest BCUT2D eigenvalue weighted by molar-refractivity contribution is 0.184. The molecule has 2 N–H and O–H groups in total. The fourth-order valence-corrected chi connectivity index (χ4v) is 3.24. The number of rotatable bonds is 4. The molecule has 1 atom stereocenters. The summed E-state index contributed by atoms with van der Waals surface area (Å²) in [6.45, 7) is 1.96. The third-order valence-electron chi connectivity index (χ3n) is 3.17. The lowest BCUT2D eigenvalue weighted by Crippen LogP contribution is -2.22. The number of para-hydroxylation sites is 1. The summed E-state index contributed by atoms with van der Waals surface area (Å²) in [6.07, 6.45) is 2.52. The second-order valence-electron chi connectivity index (χ2n) is 4.60. The van der Waals surface area contributed by atoms with Crippen molar-refractivity contribution in [2.24, 2.45) is 5.73 Å². The average molecular weight is 267 g/mol. The Labute approximate surface area is 113 Å². The van der Waals surface area contributed by atoms with Gasteiger partial charge in [-0.3, -0.25) is 0 Å². The van der Waals surface area contributed by atoms with Gasteiger partial charge in [-0.15, -0.1) is 0 Å². The maximum atomic E-state index is 6.07. The summed E-state index contributed by atoms with van der Waals surface area (Å²) in [6, 6.07) is 5.89. The summed E-state index contributed by atoms with van der Waals surface area (Å²) in [5.41, 5.74) is 6.95. The molecule has 4 heteroatoms. The van der Waals surface area contributed by atoms with Crippen molar-refractivity contribution >= 4 is 11.8 Å². The van der Waals surface area contributed by atoms with Crippen LogP contribution in [-0.4, -0.2) is 24.7 Å². The van der Waals surface area contributed by atoms with E-state index in [1.54, 1.807) is 7.11 Å². The SMILES string of the molecule is COc1c(OC2CCSCC2)cccc1C(C)N. The summed E-state index contributed by atoms with van der Waals surface area (Å²) in [7, 11) is 1.67. The average Bonchev–Trinajstić information content (AvgIpc) is 2.39. The molecule has 1 saturated heterocycles. The molecule has 1 aliphatic heterocycles. The molecule has 1 aromatic carbocycles. The topological polar surface area (TPSA) is 44.5 Å². The summed E-state index contributed by atoms with van der Waals surface area (Å²) in [5.74, 6) is 3.97. The Morgan fingerprint density at radius 1 is 1.33 bits per heavy atom. The Balaban J connectivity index is 2.18. The zero-order valence-corrected chi connectivity index (χ0v) is 11.8. The van der Waals surface area contributed by atoms with E-state index in [1.165, 1.54) is 11.5 Å². The Hall–Kier alpha value is -0.870. The van der Waals surface area contributed by atoms with Gasteiger partial charge in [-0.1, -0.05) is 12.1 Å². The first-order chi connectivity index (χ1) is 8.72. The lowest BCUT2D eigenvalue weighted by atomic mass is 10.1. The summed E-state index contributed by atoms with van der Waals surface area (Å²) >= 11 is 2.00. The van der Waals surface area contributed by atoms with Gasteiger partial charge in [-0.25, -0.2) is 0 Å². The molecule has 1 fully saturated rings. The fraction of sp³-hybridized carbons (Fsp3) is 0.571. The summed E-state index contributed by atoms with van der Waals surface area (Å²) in [5, 5.41) is 0. The first-order valence-corrected chi connectivity index (χ1v) is 7.54. The van der Waals surface area contributed by atoms with Crippen LogP contribution in [0.15, 0.2) is 18.2 Å². The van der Waals surface area contributed by atoms with E-state index in [9.17, 15) is 0 Å². The number of hydrogen-bond donors (Lipinski definition) is 1. The normalized spacial score (nSPS) is 18.4. The number of thioether (sulfide) groups is 1. The van der Waals surface area contributed by atoms with E-state index in [-0.39, 0.29) is 6.04 Å². The van der Waals surface area contributed by atoms with Gasteiger partial charge in [0.25, 0.3) is 0 Å². The van der Waals surface area contributed by atoms with Crippen molar-refractivity contribution < 1.29 is 9.47 Å². The monoisotopic (exact) mass is 267 g/mol. The predicted molar refractivity (Wildman–Crippen MR) is 76.6 cm³/mol. The number of ether oxygens (including phenoxy) is 2. The Morgan fingerprint density at radius 2 is 2.06 bits per heavy atom. The van der Waals surface area contributed by atoms with Crippen LogP contribution in [-0.2, 0) is 0 Å². The van der Waals surface area contributed by atoms with Gasteiger partial charge in [-0.05, 0) is 37.3 Å². The number of benzene rings is 1. The molecule has 1 unspecified atom stereocenters. The number of methoxy groups -OCH3 is 1. The number of hydrogen-bond acceptors (Lipinski definition) is 4. The van der Waals surface area contributed by atoms with Gasteiger partial charge in [0.05, 0.1) is 7.11 Å². The highest BCUT2D eigenvalue weighted by atomic mass is 32.2. The van der Waals surface area contributed by atoms with Crippen LogP contribution in [0, 0.1) is 0 Å². The molecule has 0 radical (unpaired) electrons. The van der Waals surface area contributed by atoms with Gasteiger partial charge >= 0.3 is 0 Å². The van der Waals surface area contributed by atoms with Crippen LogP contribution in [0.1, 0.15) is 31.4 Å². The van der Waals surface area contributed by atoms with Crippen molar-refractivity contribution in [1.29, 1.82) is 0 Å². The molecule has 0 bridgehead atoms. The Morgan fingerprint density at radius 3 is 2.67 bits per heavy atom. The third kappa shape index (κ3) is 3.12. The molecular formula is C14H21NO2S. The predicted octanol–water partition coefficient (Wildman–Crippen LogP) is 2.99. The van der Waals surface area contributed by atoms with E-state index in [4.69, 9.17) is 15.2 Å². The van der Waals surface area contributed by atoms with Crippen LogP contribution < -0.4 is 15.2 Å². The summed E-state index contributed by atoms with van der Waals surface area (Å²) < 4.78 is 11.5. The van der Waals surface area contributed by atoms with Crippen LogP contribution in [0.25, 0.3) is 0 Å². The van der Waals surface area contributed by atoms with Crippen molar-refractivity contribution in [3.8, 4) is 11.5 Å².